The maximum atomic E-state index is 6.22. The highest BCUT2D eigenvalue weighted by atomic mass is 127. The lowest BCUT2D eigenvalue weighted by molar-refractivity contribution is 0.879. The van der Waals surface area contributed by atoms with Gasteiger partial charge in [-0.25, -0.2) is 0 Å². The third-order valence-corrected chi connectivity index (χ3v) is 4.38. The molecule has 2 aromatic rings. The number of rotatable bonds is 3. The van der Waals surface area contributed by atoms with Crippen molar-refractivity contribution in [2.24, 2.45) is 0 Å². The Morgan fingerprint density at radius 1 is 1.22 bits per heavy atom. The second-order valence-electron chi connectivity index (χ2n) is 4.01. The Bertz CT molecular complexity index is 559. The van der Waals surface area contributed by atoms with Crippen LogP contribution in [0.2, 0.25) is 5.02 Å². The summed E-state index contributed by atoms with van der Waals surface area (Å²) < 4.78 is 2.24. The van der Waals surface area contributed by atoms with E-state index in [1.165, 1.54) is 5.56 Å². The van der Waals surface area contributed by atoms with Gasteiger partial charge in [0.25, 0.3) is 0 Å². The maximum Gasteiger partial charge on any atom is 0.0648 e. The van der Waals surface area contributed by atoms with Gasteiger partial charge >= 0.3 is 0 Å². The van der Waals surface area contributed by atoms with Crippen molar-refractivity contribution in [1.82, 2.24) is 0 Å². The monoisotopic (exact) mass is 435 g/mol. The lowest BCUT2D eigenvalue weighted by Gasteiger charge is -2.18. The van der Waals surface area contributed by atoms with Gasteiger partial charge in [-0.15, -0.1) is 0 Å². The normalized spacial score (nSPS) is 12.2. The van der Waals surface area contributed by atoms with Crippen molar-refractivity contribution in [3.05, 3.63) is 61.1 Å². The fourth-order valence-corrected chi connectivity index (χ4v) is 3.28. The van der Waals surface area contributed by atoms with Gasteiger partial charge in [0.1, 0.15) is 0 Å². The lowest BCUT2D eigenvalue weighted by Crippen LogP contribution is -2.07. The molecule has 0 aliphatic rings. The van der Waals surface area contributed by atoms with Crippen LogP contribution in [0.4, 0.5) is 5.69 Å². The van der Waals surface area contributed by atoms with E-state index in [4.69, 9.17) is 11.6 Å². The molecule has 1 unspecified atom stereocenters. The summed E-state index contributed by atoms with van der Waals surface area (Å²) in [4.78, 5) is 0. The molecule has 2 rings (SSSR count). The molecule has 2 aromatic carbocycles. The molecule has 0 spiro atoms. The van der Waals surface area contributed by atoms with Crippen LogP contribution in [0.25, 0.3) is 0 Å². The molecule has 0 saturated carbocycles. The average molecular weight is 437 g/mol. The van der Waals surface area contributed by atoms with Crippen LogP contribution in [0.15, 0.2) is 46.9 Å². The third kappa shape index (κ3) is 3.39. The zero-order valence-corrected chi connectivity index (χ0v) is 14.3. The van der Waals surface area contributed by atoms with Gasteiger partial charge in [-0.1, -0.05) is 45.7 Å². The van der Waals surface area contributed by atoms with Crippen LogP contribution < -0.4 is 5.32 Å². The van der Waals surface area contributed by atoms with E-state index in [0.29, 0.717) is 0 Å². The largest absolute Gasteiger partial charge is 0.377 e. The summed E-state index contributed by atoms with van der Waals surface area (Å²) in [7, 11) is 0. The van der Waals surface area contributed by atoms with Gasteiger partial charge in [-0.3, -0.25) is 0 Å². The van der Waals surface area contributed by atoms with Crippen LogP contribution >= 0.6 is 50.1 Å². The number of hydrogen-bond donors (Lipinski definition) is 1. The molecule has 0 aliphatic heterocycles. The van der Waals surface area contributed by atoms with Gasteiger partial charge in [0.05, 0.1) is 10.7 Å². The first-order valence-electron chi connectivity index (χ1n) is 5.54. The first-order valence-corrected chi connectivity index (χ1v) is 7.79. The van der Waals surface area contributed by atoms with E-state index < -0.39 is 0 Å². The number of anilines is 1. The smallest absolute Gasteiger partial charge is 0.0648 e. The van der Waals surface area contributed by atoms with Crippen molar-refractivity contribution < 1.29 is 0 Å². The Morgan fingerprint density at radius 3 is 2.61 bits per heavy atom. The van der Waals surface area contributed by atoms with Gasteiger partial charge in [-0.05, 0) is 59.3 Å². The molecule has 0 amide bonds. The van der Waals surface area contributed by atoms with E-state index in [1.54, 1.807) is 0 Å². The molecular weight excluding hydrogens is 424 g/mol. The standard InChI is InChI=1S/C14H12BrClIN/c1-9(11-4-2-3-5-12(11)15)18-14-7-6-10(17)8-13(14)16/h2-9,18H,1H3. The molecule has 1 nitrogen and oxygen atoms in total. The second kappa shape index (κ2) is 6.26. The summed E-state index contributed by atoms with van der Waals surface area (Å²) in [6, 6.07) is 14.4. The van der Waals surface area contributed by atoms with E-state index >= 15 is 0 Å². The zero-order valence-electron chi connectivity index (χ0n) is 9.75. The number of benzene rings is 2. The van der Waals surface area contributed by atoms with Gasteiger partial charge in [0, 0.05) is 14.1 Å². The van der Waals surface area contributed by atoms with E-state index in [0.717, 1.165) is 18.8 Å². The Kier molecular flexibility index (Phi) is 4.92. The highest BCUT2D eigenvalue weighted by molar-refractivity contribution is 14.1. The van der Waals surface area contributed by atoms with E-state index in [2.05, 4.69) is 56.8 Å². The fraction of sp³-hybridized carbons (Fsp3) is 0.143. The average Bonchev–Trinajstić information content (AvgIpc) is 2.33. The Morgan fingerprint density at radius 2 is 1.94 bits per heavy atom. The quantitative estimate of drug-likeness (QED) is 0.593. The van der Waals surface area contributed by atoms with E-state index in [-0.39, 0.29) is 6.04 Å². The second-order valence-corrected chi connectivity index (χ2v) is 6.52. The molecule has 94 valence electrons. The van der Waals surface area contributed by atoms with Gasteiger partial charge in [-0.2, -0.15) is 0 Å². The molecule has 1 N–H and O–H groups in total. The number of halogens is 3. The minimum absolute atomic E-state index is 0.193. The van der Waals surface area contributed by atoms with Crippen LogP contribution in [0, 0.1) is 3.57 Å². The van der Waals surface area contributed by atoms with Gasteiger partial charge in [0.2, 0.25) is 0 Å². The lowest BCUT2D eigenvalue weighted by atomic mass is 10.1. The van der Waals surface area contributed by atoms with Crippen LogP contribution in [0.1, 0.15) is 18.5 Å². The minimum atomic E-state index is 0.193. The molecular formula is C14H12BrClIN. The molecule has 18 heavy (non-hydrogen) atoms. The van der Waals surface area contributed by atoms with Crippen LogP contribution in [-0.4, -0.2) is 0 Å². The fourth-order valence-electron chi connectivity index (χ4n) is 1.74. The Hall–Kier alpha value is -0.260. The Labute approximate surface area is 134 Å². The molecule has 0 radical (unpaired) electrons. The van der Waals surface area contributed by atoms with Crippen LogP contribution in [0.5, 0.6) is 0 Å². The van der Waals surface area contributed by atoms with Gasteiger partial charge < -0.3 is 5.32 Å². The predicted octanol–water partition coefficient (Wildman–Crippen LogP) is 5.88. The summed E-state index contributed by atoms with van der Waals surface area (Å²) in [6.07, 6.45) is 0. The minimum Gasteiger partial charge on any atom is -0.377 e. The molecule has 0 heterocycles. The predicted molar refractivity (Wildman–Crippen MR) is 90.3 cm³/mol. The van der Waals surface area contributed by atoms with Crippen molar-refractivity contribution in [3.8, 4) is 0 Å². The molecule has 0 bridgehead atoms. The molecule has 0 aliphatic carbocycles. The highest BCUT2D eigenvalue weighted by Crippen LogP contribution is 2.30. The van der Waals surface area contributed by atoms with Crippen molar-refractivity contribution in [3.63, 3.8) is 0 Å². The number of hydrogen-bond acceptors (Lipinski definition) is 1. The van der Waals surface area contributed by atoms with Crippen molar-refractivity contribution in [2.45, 2.75) is 13.0 Å². The molecule has 0 fully saturated rings. The molecule has 0 aromatic heterocycles. The number of nitrogens with one attached hydrogen (secondary N) is 1. The summed E-state index contributed by atoms with van der Waals surface area (Å²) in [6.45, 7) is 2.12. The summed E-state index contributed by atoms with van der Waals surface area (Å²) >= 11 is 12.0. The summed E-state index contributed by atoms with van der Waals surface area (Å²) in [5.41, 5.74) is 2.17. The first-order chi connectivity index (χ1) is 8.58. The van der Waals surface area contributed by atoms with E-state index in [9.17, 15) is 0 Å². The molecule has 1 atom stereocenters. The Balaban J connectivity index is 2.21. The zero-order chi connectivity index (χ0) is 13.1. The molecule has 4 heteroatoms. The molecule has 0 saturated heterocycles. The van der Waals surface area contributed by atoms with Crippen molar-refractivity contribution >= 4 is 55.8 Å². The summed E-state index contributed by atoms with van der Waals surface area (Å²) in [5, 5.41) is 4.18. The topological polar surface area (TPSA) is 12.0 Å². The highest BCUT2D eigenvalue weighted by Gasteiger charge is 2.10. The van der Waals surface area contributed by atoms with E-state index in [1.807, 2.05) is 36.4 Å². The summed E-state index contributed by atoms with van der Waals surface area (Å²) in [5.74, 6) is 0. The van der Waals surface area contributed by atoms with Crippen LogP contribution in [0.3, 0.4) is 0 Å². The third-order valence-electron chi connectivity index (χ3n) is 2.67. The van der Waals surface area contributed by atoms with Gasteiger partial charge in [0.15, 0.2) is 0 Å². The SMILES string of the molecule is CC(Nc1ccc(I)cc1Cl)c1ccccc1Br. The first kappa shape index (κ1) is 14.2. The van der Waals surface area contributed by atoms with Crippen molar-refractivity contribution in [1.29, 1.82) is 0 Å². The maximum absolute atomic E-state index is 6.22. The van der Waals surface area contributed by atoms with Crippen molar-refractivity contribution in [2.75, 3.05) is 5.32 Å². The van der Waals surface area contributed by atoms with Crippen LogP contribution in [-0.2, 0) is 0 Å².